The Morgan fingerprint density at radius 3 is 2.65 bits per heavy atom. The molecule has 0 amide bonds. The molecule has 4 aromatic rings. The van der Waals surface area contributed by atoms with E-state index in [9.17, 15) is 0 Å². The van der Waals surface area contributed by atoms with Crippen LogP contribution < -0.4 is 0 Å². The molecule has 0 spiro atoms. The molecule has 0 aliphatic rings. The van der Waals surface area contributed by atoms with Gasteiger partial charge in [0, 0.05) is 10.4 Å². The summed E-state index contributed by atoms with van der Waals surface area (Å²) >= 11 is 17.1. The fourth-order valence-electron chi connectivity index (χ4n) is 2.58. The molecule has 23 heavy (non-hydrogen) atoms. The zero-order valence-corrected chi connectivity index (χ0v) is 14.3. The lowest BCUT2D eigenvalue weighted by atomic mass is 10.2. The zero-order chi connectivity index (χ0) is 16.0. The number of rotatable bonds is 2. The molecular formula is C16H11ClN4S2. The Kier molecular flexibility index (Phi) is 3.52. The van der Waals surface area contributed by atoms with Crippen molar-refractivity contribution in [1.82, 2.24) is 19.2 Å². The lowest BCUT2D eigenvalue weighted by Gasteiger charge is -2.05. The van der Waals surface area contributed by atoms with Crippen molar-refractivity contribution < 1.29 is 0 Å². The molecule has 0 aliphatic carbocycles. The van der Waals surface area contributed by atoms with Crippen LogP contribution in [0.4, 0.5) is 0 Å². The van der Waals surface area contributed by atoms with Crippen molar-refractivity contribution in [3.05, 3.63) is 68.5 Å². The first kappa shape index (κ1) is 14.6. The highest BCUT2D eigenvalue weighted by molar-refractivity contribution is 7.71. The van der Waals surface area contributed by atoms with Gasteiger partial charge in [0.1, 0.15) is 4.64 Å². The van der Waals surface area contributed by atoms with Gasteiger partial charge in [0.15, 0.2) is 4.77 Å². The second-order valence-corrected chi connectivity index (χ2v) is 6.41. The summed E-state index contributed by atoms with van der Waals surface area (Å²) in [6, 6.07) is 15.6. The summed E-state index contributed by atoms with van der Waals surface area (Å²) in [6.07, 6.45) is 0. The molecule has 1 N–H and O–H groups in total. The SMILES string of the molecule is S=c1[nH]n2c(=S)c3cc(Cl)ccc3nc2n1Cc1ccccc1. The van der Waals surface area contributed by atoms with Crippen LogP contribution in [0.15, 0.2) is 48.5 Å². The Hall–Kier alpha value is -2.02. The molecule has 0 radical (unpaired) electrons. The van der Waals surface area contributed by atoms with Crippen LogP contribution in [0.2, 0.25) is 5.02 Å². The van der Waals surface area contributed by atoms with Crippen molar-refractivity contribution in [1.29, 1.82) is 0 Å². The van der Waals surface area contributed by atoms with E-state index in [0.717, 1.165) is 16.5 Å². The molecule has 4 nitrogen and oxygen atoms in total. The van der Waals surface area contributed by atoms with Gasteiger partial charge in [-0.05, 0) is 36.0 Å². The summed E-state index contributed by atoms with van der Waals surface area (Å²) in [5.74, 6) is 0.693. The summed E-state index contributed by atoms with van der Waals surface area (Å²) in [4.78, 5) is 4.70. The molecule has 0 saturated carbocycles. The number of aromatic amines is 1. The van der Waals surface area contributed by atoms with E-state index in [-0.39, 0.29) is 0 Å². The lowest BCUT2D eigenvalue weighted by molar-refractivity contribution is 0.801. The summed E-state index contributed by atoms with van der Waals surface area (Å²) < 4.78 is 4.87. The molecule has 0 unspecified atom stereocenters. The van der Waals surface area contributed by atoms with Gasteiger partial charge in [0.25, 0.3) is 0 Å². The predicted molar refractivity (Wildman–Crippen MR) is 97.3 cm³/mol. The highest BCUT2D eigenvalue weighted by Crippen LogP contribution is 2.20. The molecule has 4 rings (SSSR count). The van der Waals surface area contributed by atoms with E-state index >= 15 is 0 Å². The average Bonchev–Trinajstić information content (AvgIpc) is 2.86. The highest BCUT2D eigenvalue weighted by atomic mass is 35.5. The van der Waals surface area contributed by atoms with Crippen molar-refractivity contribution in [3.8, 4) is 0 Å². The van der Waals surface area contributed by atoms with Gasteiger partial charge < -0.3 is 0 Å². The maximum atomic E-state index is 6.07. The molecule has 0 bridgehead atoms. The minimum atomic E-state index is 0.578. The maximum absolute atomic E-state index is 6.07. The van der Waals surface area contributed by atoms with Gasteiger partial charge in [-0.15, -0.1) is 0 Å². The number of halogens is 1. The van der Waals surface area contributed by atoms with Crippen molar-refractivity contribution >= 4 is 52.7 Å². The second kappa shape index (κ2) is 5.56. The molecule has 0 saturated heterocycles. The normalized spacial score (nSPS) is 11.3. The summed E-state index contributed by atoms with van der Waals surface area (Å²) in [7, 11) is 0. The Balaban J connectivity index is 2.01. The van der Waals surface area contributed by atoms with Crippen LogP contribution in [0, 0.1) is 9.41 Å². The average molecular weight is 359 g/mol. The number of nitrogens with zero attached hydrogens (tertiary/aromatic N) is 3. The number of aromatic nitrogens is 4. The molecule has 2 heterocycles. The quantitative estimate of drug-likeness (QED) is 0.524. The number of hydrogen-bond acceptors (Lipinski definition) is 3. The van der Waals surface area contributed by atoms with E-state index in [4.69, 9.17) is 41.0 Å². The third kappa shape index (κ3) is 2.49. The zero-order valence-electron chi connectivity index (χ0n) is 11.9. The first-order chi connectivity index (χ1) is 11.1. The number of fused-ring (bicyclic) bond motifs is 2. The van der Waals surface area contributed by atoms with Crippen LogP contribution in [-0.2, 0) is 6.54 Å². The topological polar surface area (TPSA) is 38.0 Å². The minimum Gasteiger partial charge on any atom is -0.281 e. The Labute approximate surface area is 147 Å². The van der Waals surface area contributed by atoms with Crippen molar-refractivity contribution in [2.24, 2.45) is 0 Å². The number of benzene rings is 2. The first-order valence-electron chi connectivity index (χ1n) is 6.98. The van der Waals surface area contributed by atoms with Crippen LogP contribution in [0.5, 0.6) is 0 Å². The fourth-order valence-corrected chi connectivity index (χ4v) is 3.28. The van der Waals surface area contributed by atoms with Crippen LogP contribution in [0.1, 0.15) is 5.56 Å². The second-order valence-electron chi connectivity index (χ2n) is 5.20. The van der Waals surface area contributed by atoms with Crippen LogP contribution in [0.3, 0.4) is 0 Å². The lowest BCUT2D eigenvalue weighted by Crippen LogP contribution is -2.03. The van der Waals surface area contributed by atoms with E-state index in [0.29, 0.717) is 26.8 Å². The van der Waals surface area contributed by atoms with E-state index in [1.165, 1.54) is 0 Å². The molecule has 7 heteroatoms. The Morgan fingerprint density at radius 2 is 1.87 bits per heavy atom. The van der Waals surface area contributed by atoms with Crippen LogP contribution >= 0.6 is 36.0 Å². The van der Waals surface area contributed by atoms with E-state index < -0.39 is 0 Å². The maximum Gasteiger partial charge on any atom is 0.233 e. The largest absolute Gasteiger partial charge is 0.281 e. The molecular weight excluding hydrogens is 348 g/mol. The van der Waals surface area contributed by atoms with Crippen molar-refractivity contribution in [3.63, 3.8) is 0 Å². The monoisotopic (exact) mass is 358 g/mol. The third-order valence-electron chi connectivity index (χ3n) is 3.69. The van der Waals surface area contributed by atoms with E-state index in [1.807, 2.05) is 41.0 Å². The van der Waals surface area contributed by atoms with Gasteiger partial charge in [-0.2, -0.15) is 0 Å². The molecule has 2 aromatic heterocycles. The van der Waals surface area contributed by atoms with Gasteiger partial charge in [0.05, 0.1) is 12.1 Å². The summed E-state index contributed by atoms with van der Waals surface area (Å²) in [6.45, 7) is 0.632. The molecule has 114 valence electrons. The van der Waals surface area contributed by atoms with E-state index in [1.54, 1.807) is 4.52 Å². The van der Waals surface area contributed by atoms with Crippen molar-refractivity contribution in [2.45, 2.75) is 6.54 Å². The molecule has 2 aromatic carbocycles. The van der Waals surface area contributed by atoms with Gasteiger partial charge >= 0.3 is 0 Å². The molecule has 0 aliphatic heterocycles. The Morgan fingerprint density at radius 1 is 1.09 bits per heavy atom. The predicted octanol–water partition coefficient (Wildman–Crippen LogP) is 4.78. The van der Waals surface area contributed by atoms with Crippen LogP contribution in [-0.4, -0.2) is 19.2 Å². The van der Waals surface area contributed by atoms with E-state index in [2.05, 4.69) is 17.2 Å². The number of nitrogens with one attached hydrogen (secondary N) is 1. The minimum absolute atomic E-state index is 0.578. The van der Waals surface area contributed by atoms with Crippen molar-refractivity contribution in [2.75, 3.05) is 0 Å². The van der Waals surface area contributed by atoms with Gasteiger partial charge in [0.2, 0.25) is 5.78 Å². The third-order valence-corrected chi connectivity index (χ3v) is 4.64. The number of hydrogen-bond donors (Lipinski definition) is 1. The summed E-state index contributed by atoms with van der Waals surface area (Å²) in [5, 5.41) is 4.57. The fraction of sp³-hybridized carbons (Fsp3) is 0.0625. The summed E-state index contributed by atoms with van der Waals surface area (Å²) in [5.41, 5.74) is 1.95. The number of H-pyrrole nitrogens is 1. The van der Waals surface area contributed by atoms with Crippen LogP contribution in [0.25, 0.3) is 16.7 Å². The van der Waals surface area contributed by atoms with Gasteiger partial charge in [-0.3, -0.25) is 9.67 Å². The Bertz CT molecular complexity index is 1140. The molecule has 0 fully saturated rings. The smallest absolute Gasteiger partial charge is 0.233 e. The standard InChI is InChI=1S/C16H11ClN4S2/c17-11-6-7-13-12(8-11)14(22)21-15(18-13)20(16(23)19-21)9-10-4-2-1-3-5-10/h1-8H,9H2,(H,19,23). The van der Waals surface area contributed by atoms with Gasteiger partial charge in [-0.1, -0.05) is 54.2 Å². The molecule has 0 atom stereocenters. The highest BCUT2D eigenvalue weighted by Gasteiger charge is 2.10. The first-order valence-corrected chi connectivity index (χ1v) is 8.18. The van der Waals surface area contributed by atoms with Gasteiger partial charge in [-0.25, -0.2) is 9.50 Å².